The molecular formula is C18H30N4OS. The SMILES string of the molecule is CCNC(=NCCN1CCOCC1)N(C)Cc1ccc(SC)cc1. The minimum atomic E-state index is 0.818. The van der Waals surface area contributed by atoms with Crippen LogP contribution >= 0.6 is 11.8 Å². The average molecular weight is 351 g/mol. The summed E-state index contributed by atoms with van der Waals surface area (Å²) in [4.78, 5) is 10.7. The van der Waals surface area contributed by atoms with E-state index in [0.717, 1.165) is 58.4 Å². The molecular weight excluding hydrogens is 320 g/mol. The van der Waals surface area contributed by atoms with Crippen LogP contribution in [0.3, 0.4) is 0 Å². The summed E-state index contributed by atoms with van der Waals surface area (Å²) in [6.45, 7) is 9.38. The molecule has 0 atom stereocenters. The molecule has 0 amide bonds. The van der Waals surface area contributed by atoms with Crippen LogP contribution in [0.4, 0.5) is 0 Å². The van der Waals surface area contributed by atoms with Crippen molar-refractivity contribution in [1.82, 2.24) is 15.1 Å². The Labute approximate surface area is 150 Å². The molecule has 0 saturated carbocycles. The summed E-state index contributed by atoms with van der Waals surface area (Å²) >= 11 is 1.77. The van der Waals surface area contributed by atoms with E-state index in [1.807, 2.05) is 0 Å². The lowest BCUT2D eigenvalue weighted by molar-refractivity contribution is 0.0394. The molecule has 0 spiro atoms. The quantitative estimate of drug-likeness (QED) is 0.463. The largest absolute Gasteiger partial charge is 0.379 e. The molecule has 1 aliphatic heterocycles. The van der Waals surface area contributed by atoms with Gasteiger partial charge in [-0.05, 0) is 30.9 Å². The summed E-state index contributed by atoms with van der Waals surface area (Å²) in [6.07, 6.45) is 2.10. The predicted molar refractivity (Wildman–Crippen MR) is 103 cm³/mol. The van der Waals surface area contributed by atoms with Crippen molar-refractivity contribution in [1.29, 1.82) is 0 Å². The molecule has 5 nitrogen and oxygen atoms in total. The van der Waals surface area contributed by atoms with Crippen LogP contribution in [0.15, 0.2) is 34.2 Å². The molecule has 1 aliphatic rings. The molecule has 1 fully saturated rings. The second kappa shape index (κ2) is 10.6. The summed E-state index contributed by atoms with van der Waals surface area (Å²) in [5.74, 6) is 0.972. The van der Waals surface area contributed by atoms with Crippen LogP contribution in [-0.2, 0) is 11.3 Å². The number of rotatable bonds is 7. The van der Waals surface area contributed by atoms with Crippen LogP contribution < -0.4 is 5.32 Å². The molecule has 1 saturated heterocycles. The number of thioether (sulfide) groups is 1. The zero-order chi connectivity index (χ0) is 17.2. The van der Waals surface area contributed by atoms with Gasteiger partial charge in [0.2, 0.25) is 0 Å². The molecule has 1 N–H and O–H groups in total. The van der Waals surface area contributed by atoms with Crippen molar-refractivity contribution in [2.24, 2.45) is 4.99 Å². The third-order valence-corrected chi connectivity index (χ3v) is 4.80. The van der Waals surface area contributed by atoms with Gasteiger partial charge in [0.05, 0.1) is 19.8 Å². The van der Waals surface area contributed by atoms with Gasteiger partial charge >= 0.3 is 0 Å². The molecule has 1 aromatic rings. The fraction of sp³-hybridized carbons (Fsp3) is 0.611. The van der Waals surface area contributed by atoms with Gasteiger partial charge in [-0.1, -0.05) is 12.1 Å². The Morgan fingerprint density at radius 3 is 2.62 bits per heavy atom. The van der Waals surface area contributed by atoms with Crippen molar-refractivity contribution in [2.45, 2.75) is 18.4 Å². The van der Waals surface area contributed by atoms with Gasteiger partial charge in [-0.3, -0.25) is 9.89 Å². The first kappa shape index (κ1) is 19.1. The maximum absolute atomic E-state index is 5.39. The number of hydrogen-bond donors (Lipinski definition) is 1. The summed E-state index contributed by atoms with van der Waals surface area (Å²) < 4.78 is 5.39. The Bertz CT molecular complexity index is 500. The van der Waals surface area contributed by atoms with Crippen LogP contribution in [0.5, 0.6) is 0 Å². The number of nitrogens with zero attached hydrogens (tertiary/aromatic N) is 3. The van der Waals surface area contributed by atoms with Gasteiger partial charge in [0.15, 0.2) is 5.96 Å². The van der Waals surface area contributed by atoms with Crippen LogP contribution in [0.25, 0.3) is 0 Å². The first-order valence-electron chi connectivity index (χ1n) is 8.65. The van der Waals surface area contributed by atoms with E-state index >= 15 is 0 Å². The van der Waals surface area contributed by atoms with Gasteiger partial charge in [0.25, 0.3) is 0 Å². The highest BCUT2D eigenvalue weighted by Crippen LogP contribution is 2.15. The van der Waals surface area contributed by atoms with Crippen molar-refractivity contribution in [2.75, 3.05) is 59.2 Å². The van der Waals surface area contributed by atoms with Gasteiger partial charge < -0.3 is 15.0 Å². The van der Waals surface area contributed by atoms with Crippen molar-refractivity contribution in [3.05, 3.63) is 29.8 Å². The average Bonchev–Trinajstić information content (AvgIpc) is 2.62. The molecule has 0 radical (unpaired) electrons. The van der Waals surface area contributed by atoms with Gasteiger partial charge in [0, 0.05) is 44.7 Å². The first-order valence-corrected chi connectivity index (χ1v) is 9.88. The molecule has 2 rings (SSSR count). The third-order valence-electron chi connectivity index (χ3n) is 4.06. The fourth-order valence-electron chi connectivity index (χ4n) is 2.67. The Hall–Kier alpha value is -1.24. The minimum Gasteiger partial charge on any atom is -0.379 e. The lowest BCUT2D eigenvalue weighted by Gasteiger charge is -2.26. The summed E-state index contributed by atoms with van der Waals surface area (Å²) in [5, 5.41) is 3.39. The van der Waals surface area contributed by atoms with E-state index < -0.39 is 0 Å². The van der Waals surface area contributed by atoms with Crippen LogP contribution in [-0.4, -0.2) is 75.0 Å². The summed E-state index contributed by atoms with van der Waals surface area (Å²) in [5.41, 5.74) is 1.30. The van der Waals surface area contributed by atoms with E-state index in [1.165, 1.54) is 10.5 Å². The highest BCUT2D eigenvalue weighted by Gasteiger charge is 2.10. The molecule has 0 aliphatic carbocycles. The van der Waals surface area contributed by atoms with E-state index in [0.29, 0.717) is 0 Å². The second-order valence-corrected chi connectivity index (χ2v) is 6.77. The summed E-state index contributed by atoms with van der Waals surface area (Å²) in [7, 11) is 2.10. The second-order valence-electron chi connectivity index (χ2n) is 5.89. The molecule has 0 unspecified atom stereocenters. The van der Waals surface area contributed by atoms with Crippen molar-refractivity contribution >= 4 is 17.7 Å². The van der Waals surface area contributed by atoms with Crippen LogP contribution in [0.2, 0.25) is 0 Å². The smallest absolute Gasteiger partial charge is 0.194 e. The van der Waals surface area contributed by atoms with Gasteiger partial charge in [0.1, 0.15) is 0 Å². The topological polar surface area (TPSA) is 40.1 Å². The van der Waals surface area contributed by atoms with E-state index in [2.05, 4.69) is 59.6 Å². The molecule has 134 valence electrons. The molecule has 24 heavy (non-hydrogen) atoms. The fourth-order valence-corrected chi connectivity index (χ4v) is 3.08. The third kappa shape index (κ3) is 6.34. The van der Waals surface area contributed by atoms with Gasteiger partial charge in [-0.15, -0.1) is 11.8 Å². The molecule has 6 heteroatoms. The number of benzene rings is 1. The maximum atomic E-state index is 5.39. The number of aliphatic imine (C=N–C) groups is 1. The number of ether oxygens (including phenoxy) is 1. The van der Waals surface area contributed by atoms with E-state index in [1.54, 1.807) is 11.8 Å². The zero-order valence-electron chi connectivity index (χ0n) is 15.1. The van der Waals surface area contributed by atoms with Crippen LogP contribution in [0.1, 0.15) is 12.5 Å². The summed E-state index contributed by atoms with van der Waals surface area (Å²) in [6, 6.07) is 8.74. The Balaban J connectivity index is 1.87. The van der Waals surface area contributed by atoms with E-state index in [9.17, 15) is 0 Å². The van der Waals surface area contributed by atoms with Crippen LogP contribution in [0, 0.1) is 0 Å². The highest BCUT2D eigenvalue weighted by atomic mass is 32.2. The molecule has 1 heterocycles. The lowest BCUT2D eigenvalue weighted by Crippen LogP contribution is -2.40. The maximum Gasteiger partial charge on any atom is 0.194 e. The number of morpholine rings is 1. The molecule has 1 aromatic carbocycles. The lowest BCUT2D eigenvalue weighted by atomic mass is 10.2. The zero-order valence-corrected chi connectivity index (χ0v) is 15.9. The van der Waals surface area contributed by atoms with Gasteiger partial charge in [-0.25, -0.2) is 0 Å². The van der Waals surface area contributed by atoms with Crippen molar-refractivity contribution in [3.8, 4) is 0 Å². The predicted octanol–water partition coefficient (Wildman–Crippen LogP) is 2.14. The Morgan fingerprint density at radius 2 is 2.00 bits per heavy atom. The number of hydrogen-bond acceptors (Lipinski definition) is 4. The number of nitrogens with one attached hydrogen (secondary N) is 1. The Morgan fingerprint density at radius 1 is 1.29 bits per heavy atom. The van der Waals surface area contributed by atoms with E-state index in [-0.39, 0.29) is 0 Å². The standard InChI is InChI=1S/C18H30N4OS/c1-4-19-18(20-9-10-22-11-13-23-14-12-22)21(2)15-16-5-7-17(24-3)8-6-16/h5-8H,4,9-15H2,1-3H3,(H,19,20). The number of guanidine groups is 1. The molecule has 0 aromatic heterocycles. The normalized spacial score (nSPS) is 16.2. The Kier molecular flexibility index (Phi) is 8.42. The van der Waals surface area contributed by atoms with Crippen molar-refractivity contribution < 1.29 is 4.74 Å². The minimum absolute atomic E-state index is 0.818. The van der Waals surface area contributed by atoms with E-state index in [4.69, 9.17) is 9.73 Å². The monoisotopic (exact) mass is 350 g/mol. The highest BCUT2D eigenvalue weighted by molar-refractivity contribution is 7.98. The van der Waals surface area contributed by atoms with Crippen molar-refractivity contribution in [3.63, 3.8) is 0 Å². The first-order chi connectivity index (χ1) is 11.7. The van der Waals surface area contributed by atoms with Gasteiger partial charge in [-0.2, -0.15) is 0 Å². The molecule has 0 bridgehead atoms.